The number of hydrogen-bond donors (Lipinski definition) is 0. The molecule has 0 N–H and O–H groups in total. The van der Waals surface area contributed by atoms with Gasteiger partial charge in [0.25, 0.3) is 0 Å². The van der Waals surface area contributed by atoms with Crippen LogP contribution in [0.3, 0.4) is 0 Å². The lowest BCUT2D eigenvalue weighted by Crippen LogP contribution is -2.37. The molecule has 0 bridgehead atoms. The monoisotopic (exact) mass is 320 g/mol. The fourth-order valence-corrected chi connectivity index (χ4v) is 2.74. The van der Waals surface area contributed by atoms with E-state index in [0.29, 0.717) is 32.2 Å². The first-order valence-electron chi connectivity index (χ1n) is 8.03. The predicted molar refractivity (Wildman–Crippen MR) is 85.6 cm³/mol. The molecule has 1 aromatic heterocycles. The highest BCUT2D eigenvalue weighted by molar-refractivity contribution is 5.79. The third-order valence-corrected chi connectivity index (χ3v) is 4.12. The second-order valence-electron chi connectivity index (χ2n) is 7.04. The summed E-state index contributed by atoms with van der Waals surface area (Å²) >= 11 is 0. The summed E-state index contributed by atoms with van der Waals surface area (Å²) in [6.07, 6.45) is 0. The van der Waals surface area contributed by atoms with Crippen molar-refractivity contribution in [2.24, 2.45) is 5.41 Å². The van der Waals surface area contributed by atoms with Gasteiger partial charge in [0.05, 0.1) is 37.5 Å². The quantitative estimate of drug-likeness (QED) is 0.779. The summed E-state index contributed by atoms with van der Waals surface area (Å²) in [5.74, 6) is 1.25. The van der Waals surface area contributed by atoms with Gasteiger partial charge in [-0.25, -0.2) is 4.98 Å². The van der Waals surface area contributed by atoms with Crippen LogP contribution in [0.2, 0.25) is 0 Å². The Bertz CT molecular complexity index is 616. The number of rotatable bonds is 2. The molecule has 1 aromatic rings. The molecule has 0 aliphatic carbocycles. The molecule has 0 amide bonds. The van der Waals surface area contributed by atoms with Crippen molar-refractivity contribution in [3.63, 3.8) is 0 Å². The largest absolute Gasteiger partial charge is 0.424 e. The van der Waals surface area contributed by atoms with Crippen molar-refractivity contribution in [3.05, 3.63) is 16.8 Å². The smallest absolute Gasteiger partial charge is 0.316 e. The number of morpholine rings is 1. The highest BCUT2D eigenvalue weighted by Crippen LogP contribution is 2.38. The van der Waals surface area contributed by atoms with Crippen molar-refractivity contribution >= 4 is 11.8 Å². The minimum absolute atomic E-state index is 0.254. The number of pyridine rings is 1. The first-order valence-corrected chi connectivity index (χ1v) is 8.03. The molecule has 1 fully saturated rings. The normalized spacial score (nSPS) is 18.0. The number of aryl methyl sites for hydroxylation is 1. The van der Waals surface area contributed by atoms with E-state index in [-0.39, 0.29) is 5.97 Å². The van der Waals surface area contributed by atoms with Crippen LogP contribution in [-0.2, 0) is 27.5 Å². The van der Waals surface area contributed by atoms with Crippen LogP contribution in [0.1, 0.15) is 37.6 Å². The topological polar surface area (TPSA) is 60.9 Å². The molecule has 1 saturated heterocycles. The molecule has 6 heteroatoms. The highest BCUT2D eigenvalue weighted by Gasteiger charge is 2.31. The number of esters is 1. The molecular formula is C17H24N2O4. The number of hydrogen-bond acceptors (Lipinski definition) is 6. The summed E-state index contributed by atoms with van der Waals surface area (Å²) in [4.78, 5) is 19.2. The number of aromatic nitrogens is 1. The zero-order valence-electron chi connectivity index (χ0n) is 14.3. The lowest BCUT2D eigenvalue weighted by molar-refractivity contribution is -0.143. The van der Waals surface area contributed by atoms with Gasteiger partial charge >= 0.3 is 5.97 Å². The van der Waals surface area contributed by atoms with Gasteiger partial charge in [-0.05, 0) is 27.7 Å². The predicted octanol–water partition coefficient (Wildman–Crippen LogP) is 2.21. The average Bonchev–Trinajstić information content (AvgIpc) is 2.99. The van der Waals surface area contributed by atoms with Gasteiger partial charge < -0.3 is 19.1 Å². The van der Waals surface area contributed by atoms with Crippen LogP contribution in [0.15, 0.2) is 0 Å². The molecule has 0 unspecified atom stereocenters. The molecule has 23 heavy (non-hydrogen) atoms. The van der Waals surface area contributed by atoms with Crippen LogP contribution < -0.4 is 9.64 Å². The van der Waals surface area contributed by atoms with E-state index < -0.39 is 5.41 Å². The first-order chi connectivity index (χ1) is 10.9. The Morgan fingerprint density at radius 2 is 1.78 bits per heavy atom. The zero-order chi connectivity index (χ0) is 16.6. The van der Waals surface area contributed by atoms with Gasteiger partial charge in [0.15, 0.2) is 5.75 Å². The van der Waals surface area contributed by atoms with Crippen molar-refractivity contribution in [1.29, 1.82) is 0 Å². The lowest BCUT2D eigenvalue weighted by atomic mass is 9.97. The summed E-state index contributed by atoms with van der Waals surface area (Å²) in [6.45, 7) is 11.4. The van der Waals surface area contributed by atoms with Gasteiger partial charge in [-0.1, -0.05) is 0 Å². The summed E-state index contributed by atoms with van der Waals surface area (Å²) < 4.78 is 16.7. The van der Waals surface area contributed by atoms with Crippen molar-refractivity contribution in [2.45, 2.75) is 40.9 Å². The van der Waals surface area contributed by atoms with Gasteiger partial charge in [0.1, 0.15) is 5.82 Å². The maximum atomic E-state index is 12.3. The molecule has 0 spiro atoms. The maximum Gasteiger partial charge on any atom is 0.316 e. The van der Waals surface area contributed by atoms with E-state index in [1.54, 1.807) is 0 Å². The van der Waals surface area contributed by atoms with Gasteiger partial charge in [0, 0.05) is 24.2 Å². The Kier molecular flexibility index (Phi) is 4.29. The van der Waals surface area contributed by atoms with E-state index in [1.165, 1.54) is 0 Å². The number of anilines is 1. The second-order valence-corrected chi connectivity index (χ2v) is 7.04. The van der Waals surface area contributed by atoms with Crippen LogP contribution in [-0.4, -0.2) is 37.3 Å². The standard InChI is InChI=1S/C17H24N2O4/c1-11-14(23-16(20)17(2,3)4)12-9-22-10-13(12)15(18-11)19-5-7-21-8-6-19/h5-10H2,1-4H3. The number of carbonyl (C=O) groups excluding carboxylic acids is 1. The molecule has 3 heterocycles. The Morgan fingerprint density at radius 3 is 2.43 bits per heavy atom. The Hall–Kier alpha value is -1.66. The summed E-state index contributed by atoms with van der Waals surface area (Å²) in [6, 6.07) is 0. The first kappa shape index (κ1) is 16.2. The Labute approximate surface area is 136 Å². The SMILES string of the molecule is Cc1nc(N2CCOCC2)c2c(c1OC(=O)C(C)(C)C)COC2. The van der Waals surface area contributed by atoms with Crippen LogP contribution in [0.4, 0.5) is 5.82 Å². The number of carbonyl (C=O) groups is 1. The summed E-state index contributed by atoms with van der Waals surface area (Å²) in [7, 11) is 0. The van der Waals surface area contributed by atoms with Gasteiger partial charge in [-0.15, -0.1) is 0 Å². The van der Waals surface area contributed by atoms with E-state index in [0.717, 1.165) is 35.7 Å². The van der Waals surface area contributed by atoms with Crippen molar-refractivity contribution in [1.82, 2.24) is 4.98 Å². The van der Waals surface area contributed by atoms with Gasteiger partial charge in [-0.2, -0.15) is 0 Å². The van der Waals surface area contributed by atoms with Crippen LogP contribution >= 0.6 is 0 Å². The van der Waals surface area contributed by atoms with Crippen LogP contribution in [0.25, 0.3) is 0 Å². The van der Waals surface area contributed by atoms with Crippen molar-refractivity contribution in [3.8, 4) is 5.75 Å². The van der Waals surface area contributed by atoms with Crippen molar-refractivity contribution in [2.75, 3.05) is 31.2 Å². The molecule has 2 aliphatic rings. The maximum absolute atomic E-state index is 12.3. The molecule has 6 nitrogen and oxygen atoms in total. The lowest BCUT2D eigenvalue weighted by Gasteiger charge is -2.30. The molecule has 0 aromatic carbocycles. The molecule has 0 saturated carbocycles. The average molecular weight is 320 g/mol. The zero-order valence-corrected chi connectivity index (χ0v) is 14.3. The fourth-order valence-electron chi connectivity index (χ4n) is 2.74. The Balaban J connectivity index is 1.97. The molecule has 0 atom stereocenters. The van der Waals surface area contributed by atoms with Crippen LogP contribution in [0.5, 0.6) is 5.75 Å². The molecule has 3 rings (SSSR count). The van der Waals surface area contributed by atoms with Crippen molar-refractivity contribution < 1.29 is 19.0 Å². The minimum atomic E-state index is -0.554. The third-order valence-electron chi connectivity index (χ3n) is 4.12. The van der Waals surface area contributed by atoms with E-state index in [4.69, 9.17) is 19.2 Å². The molecule has 126 valence electrons. The third kappa shape index (κ3) is 3.19. The molecule has 0 radical (unpaired) electrons. The van der Waals surface area contributed by atoms with Crippen LogP contribution in [0, 0.1) is 12.3 Å². The van der Waals surface area contributed by atoms with E-state index in [2.05, 4.69) is 4.90 Å². The molecular weight excluding hydrogens is 296 g/mol. The summed E-state index contributed by atoms with van der Waals surface area (Å²) in [5, 5.41) is 0. The fraction of sp³-hybridized carbons (Fsp3) is 0.647. The minimum Gasteiger partial charge on any atom is -0.424 e. The number of fused-ring (bicyclic) bond motifs is 1. The second kappa shape index (κ2) is 6.09. The van der Waals surface area contributed by atoms with Gasteiger partial charge in [0.2, 0.25) is 0 Å². The number of ether oxygens (including phenoxy) is 3. The number of nitrogens with zero attached hydrogens (tertiary/aromatic N) is 2. The Morgan fingerprint density at radius 1 is 1.13 bits per heavy atom. The van der Waals surface area contributed by atoms with E-state index in [1.807, 2.05) is 27.7 Å². The summed E-state index contributed by atoms with van der Waals surface area (Å²) in [5.41, 5.74) is 2.17. The molecule has 2 aliphatic heterocycles. The van der Waals surface area contributed by atoms with Gasteiger partial charge in [-0.3, -0.25) is 4.79 Å². The van der Waals surface area contributed by atoms with E-state index >= 15 is 0 Å². The highest BCUT2D eigenvalue weighted by atomic mass is 16.5. The van der Waals surface area contributed by atoms with E-state index in [9.17, 15) is 4.79 Å².